The molecule has 1 unspecified atom stereocenters. The highest BCUT2D eigenvalue weighted by atomic mass is 32.2. The maximum Gasteiger partial charge on any atom is 0.329 e. The predicted molar refractivity (Wildman–Crippen MR) is 79.6 cm³/mol. The van der Waals surface area contributed by atoms with Gasteiger partial charge in [0.1, 0.15) is 6.54 Å². The number of carbonyl (C=O) groups excluding carboxylic acids is 2. The van der Waals surface area contributed by atoms with Crippen LogP contribution < -0.4 is 5.32 Å². The lowest BCUT2D eigenvalue weighted by molar-refractivity contribution is -0.118. The zero-order valence-corrected chi connectivity index (χ0v) is 12.9. The highest BCUT2D eigenvalue weighted by molar-refractivity contribution is 7.87. The van der Waals surface area contributed by atoms with Gasteiger partial charge in [0, 0.05) is 10.6 Å². The average Bonchev–Trinajstić information content (AvgIpc) is 3.07. The van der Waals surface area contributed by atoms with Crippen LogP contribution in [0.2, 0.25) is 0 Å². The van der Waals surface area contributed by atoms with Crippen LogP contribution in [-0.2, 0) is 19.7 Å². The van der Waals surface area contributed by atoms with Crippen molar-refractivity contribution in [2.24, 2.45) is 0 Å². The van der Waals surface area contributed by atoms with Gasteiger partial charge in [0.25, 0.3) is 10.1 Å². The lowest BCUT2D eigenvalue weighted by Crippen LogP contribution is -2.37. The molecular formula is C13H12N2O5S2. The van der Waals surface area contributed by atoms with E-state index in [1.807, 2.05) is 0 Å². The largest absolute Gasteiger partial charge is 0.329 e. The maximum absolute atomic E-state index is 12.0. The van der Waals surface area contributed by atoms with E-state index in [1.54, 1.807) is 29.7 Å². The van der Waals surface area contributed by atoms with E-state index in [-0.39, 0.29) is 18.7 Å². The monoisotopic (exact) mass is 340 g/mol. The van der Waals surface area contributed by atoms with Gasteiger partial charge in [-0.15, -0.1) is 11.3 Å². The van der Waals surface area contributed by atoms with Crippen LogP contribution in [0.3, 0.4) is 0 Å². The van der Waals surface area contributed by atoms with Crippen molar-refractivity contribution >= 4 is 33.4 Å². The summed E-state index contributed by atoms with van der Waals surface area (Å²) in [5, 5.41) is 3.84. The number of rotatable bonds is 3. The van der Waals surface area contributed by atoms with Gasteiger partial charge in [-0.1, -0.05) is 12.1 Å². The summed E-state index contributed by atoms with van der Waals surface area (Å²) in [6.45, 7) is -0.180. The average molecular weight is 340 g/mol. The molecule has 1 fully saturated rings. The molecule has 1 aliphatic carbocycles. The van der Waals surface area contributed by atoms with E-state index in [4.69, 9.17) is 0 Å². The fourth-order valence-corrected chi connectivity index (χ4v) is 4.68. The third-order valence-electron chi connectivity index (χ3n) is 3.59. The standard InChI is InChI=1S/C13H12N2O5S2/c16-11-8-15(12(17)14-11)9-3-1-5-13(7-9,22(18,19)20)10-4-2-6-21-10/h1-4,6-7H,5,8H2,(H,14,16,17)(H,18,19,20). The second-order valence-corrected chi connectivity index (χ2v) is 7.58. The van der Waals surface area contributed by atoms with E-state index in [9.17, 15) is 22.6 Å². The molecule has 2 aliphatic rings. The Bertz CT molecular complexity index is 794. The molecule has 1 aromatic rings. The van der Waals surface area contributed by atoms with Crippen molar-refractivity contribution in [3.05, 3.63) is 46.3 Å². The Labute approximate surface area is 130 Å². The van der Waals surface area contributed by atoms with E-state index in [2.05, 4.69) is 5.32 Å². The van der Waals surface area contributed by atoms with Crippen molar-refractivity contribution in [1.29, 1.82) is 0 Å². The summed E-state index contributed by atoms with van der Waals surface area (Å²) in [4.78, 5) is 24.6. The zero-order chi connectivity index (χ0) is 16.0. The number of hydrogen-bond acceptors (Lipinski definition) is 5. The lowest BCUT2D eigenvalue weighted by atomic mass is 9.96. The van der Waals surface area contributed by atoms with Crippen LogP contribution in [-0.4, -0.2) is 36.4 Å². The van der Waals surface area contributed by atoms with Gasteiger partial charge < -0.3 is 0 Å². The minimum atomic E-state index is -4.46. The first-order valence-corrected chi connectivity index (χ1v) is 8.67. The van der Waals surface area contributed by atoms with Gasteiger partial charge in [-0.2, -0.15) is 8.42 Å². The van der Waals surface area contributed by atoms with Crippen molar-refractivity contribution in [3.8, 4) is 0 Å². The van der Waals surface area contributed by atoms with Crippen LogP contribution in [0.4, 0.5) is 4.79 Å². The molecule has 3 amide bonds. The molecule has 9 heteroatoms. The molecule has 0 spiro atoms. The molecule has 3 rings (SSSR count). The Balaban J connectivity index is 2.12. The molecule has 2 heterocycles. The summed E-state index contributed by atoms with van der Waals surface area (Å²) >= 11 is 1.20. The van der Waals surface area contributed by atoms with E-state index < -0.39 is 26.8 Å². The Kier molecular flexibility index (Phi) is 3.42. The van der Waals surface area contributed by atoms with Gasteiger partial charge in [-0.25, -0.2) is 4.79 Å². The second kappa shape index (κ2) is 5.04. The minimum Gasteiger partial charge on any atom is -0.285 e. The first kappa shape index (κ1) is 14.9. The Morgan fingerprint density at radius 3 is 2.68 bits per heavy atom. The normalized spacial score (nSPS) is 25.3. The third kappa shape index (κ3) is 2.27. The van der Waals surface area contributed by atoms with E-state index in [0.29, 0.717) is 4.88 Å². The van der Waals surface area contributed by atoms with Gasteiger partial charge in [-0.3, -0.25) is 19.6 Å². The SMILES string of the molecule is O=C1CN(C2=CC(c3cccs3)(S(=O)(=O)O)CC=C2)C(=O)N1. The molecule has 7 nitrogen and oxygen atoms in total. The highest BCUT2D eigenvalue weighted by Gasteiger charge is 2.45. The van der Waals surface area contributed by atoms with Crippen molar-refractivity contribution in [3.63, 3.8) is 0 Å². The minimum absolute atomic E-state index is 0.0548. The molecule has 2 N–H and O–H groups in total. The second-order valence-electron chi connectivity index (χ2n) is 4.96. The molecule has 0 aromatic carbocycles. The van der Waals surface area contributed by atoms with Crippen molar-refractivity contribution < 1.29 is 22.6 Å². The van der Waals surface area contributed by atoms with Crippen molar-refractivity contribution in [2.45, 2.75) is 11.2 Å². The lowest BCUT2D eigenvalue weighted by Gasteiger charge is -2.30. The molecule has 0 bridgehead atoms. The number of nitrogens with zero attached hydrogens (tertiary/aromatic N) is 1. The molecule has 0 radical (unpaired) electrons. The predicted octanol–water partition coefficient (Wildman–Crippen LogP) is 1.23. The topological polar surface area (TPSA) is 104 Å². The van der Waals surface area contributed by atoms with E-state index in [0.717, 1.165) is 4.90 Å². The number of nitrogens with one attached hydrogen (secondary N) is 1. The number of amides is 3. The van der Waals surface area contributed by atoms with Crippen LogP contribution in [0.1, 0.15) is 11.3 Å². The highest BCUT2D eigenvalue weighted by Crippen LogP contribution is 2.42. The summed E-state index contributed by atoms with van der Waals surface area (Å²) in [5.74, 6) is -0.460. The fraction of sp³-hybridized carbons (Fsp3) is 0.231. The van der Waals surface area contributed by atoms with E-state index >= 15 is 0 Å². The summed E-state index contributed by atoms with van der Waals surface area (Å²) in [7, 11) is -4.46. The Hall–Kier alpha value is -1.97. The van der Waals surface area contributed by atoms with Crippen molar-refractivity contribution in [1.82, 2.24) is 10.2 Å². The molecular weight excluding hydrogens is 328 g/mol. The van der Waals surface area contributed by atoms with Crippen LogP contribution >= 0.6 is 11.3 Å². The summed E-state index contributed by atoms with van der Waals surface area (Å²) < 4.78 is 32.1. The zero-order valence-electron chi connectivity index (χ0n) is 11.2. The van der Waals surface area contributed by atoms with Crippen molar-refractivity contribution in [2.75, 3.05) is 6.54 Å². The van der Waals surface area contributed by atoms with Gasteiger partial charge in [-0.05, 0) is 30.0 Å². The number of imide groups is 1. The van der Waals surface area contributed by atoms with Gasteiger partial charge >= 0.3 is 6.03 Å². The van der Waals surface area contributed by atoms with Crippen LogP contribution in [0.5, 0.6) is 0 Å². The van der Waals surface area contributed by atoms with Crippen LogP contribution in [0.25, 0.3) is 0 Å². The Morgan fingerprint density at radius 1 is 1.36 bits per heavy atom. The molecule has 1 atom stereocenters. The molecule has 1 aliphatic heterocycles. The molecule has 1 saturated heterocycles. The van der Waals surface area contributed by atoms with E-state index in [1.165, 1.54) is 17.4 Å². The maximum atomic E-state index is 12.0. The van der Waals surface area contributed by atoms with Crippen LogP contribution in [0.15, 0.2) is 41.4 Å². The Morgan fingerprint density at radius 2 is 2.14 bits per heavy atom. The fourth-order valence-electron chi connectivity index (χ4n) is 2.52. The molecule has 116 valence electrons. The number of urea groups is 1. The quantitative estimate of drug-likeness (QED) is 0.636. The number of hydrogen-bond donors (Lipinski definition) is 2. The first-order valence-electron chi connectivity index (χ1n) is 6.35. The van der Waals surface area contributed by atoms with Crippen LogP contribution in [0, 0.1) is 0 Å². The summed E-state index contributed by atoms with van der Waals surface area (Å²) in [6.07, 6.45) is 4.51. The smallest absolute Gasteiger partial charge is 0.285 e. The summed E-state index contributed by atoms with van der Waals surface area (Å²) in [5.41, 5.74) is 0.264. The molecule has 22 heavy (non-hydrogen) atoms. The van der Waals surface area contributed by atoms with Gasteiger partial charge in [0.2, 0.25) is 5.91 Å². The first-order chi connectivity index (χ1) is 10.3. The van der Waals surface area contributed by atoms with Gasteiger partial charge in [0.15, 0.2) is 4.75 Å². The number of thiophene rings is 1. The summed E-state index contributed by atoms with van der Waals surface area (Å²) in [6, 6.07) is 2.68. The molecule has 0 saturated carbocycles. The van der Waals surface area contributed by atoms with Gasteiger partial charge in [0.05, 0.1) is 0 Å². The third-order valence-corrected chi connectivity index (χ3v) is 6.20. The molecule has 1 aromatic heterocycles. The number of carbonyl (C=O) groups is 2. The number of allylic oxidation sites excluding steroid dienone is 2.